The van der Waals surface area contributed by atoms with E-state index in [1.165, 1.54) is 4.90 Å². The number of nitrogens with zero attached hydrogens (tertiary/aromatic N) is 1. The minimum Gasteiger partial charge on any atom is -0.323 e. The van der Waals surface area contributed by atoms with Crippen LogP contribution in [0.5, 0.6) is 0 Å². The molecule has 0 aromatic heterocycles. The van der Waals surface area contributed by atoms with Gasteiger partial charge in [-0.15, -0.1) is 0 Å². The van der Waals surface area contributed by atoms with E-state index in [1.54, 1.807) is 24.3 Å². The normalized spacial score (nSPS) is 13.6. The number of benzene rings is 2. The molecule has 0 radical (unpaired) electrons. The maximum Gasteiger partial charge on any atom is 0.259 e. The third kappa shape index (κ3) is 2.47. The van der Waals surface area contributed by atoms with E-state index < -0.39 is 17.5 Å². The molecule has 106 valence electrons. The highest BCUT2D eigenvalue weighted by molar-refractivity contribution is 6.15. The van der Waals surface area contributed by atoms with Crippen molar-refractivity contribution in [3.05, 3.63) is 59.7 Å². The fraction of sp³-hybridized carbons (Fsp3) is 0.0667. The highest BCUT2D eigenvalue weighted by Gasteiger charge is 2.27. The first-order valence-corrected chi connectivity index (χ1v) is 6.21. The Balaban J connectivity index is 2.03. The Morgan fingerprint density at radius 2 is 1.76 bits per heavy atom. The number of carbonyl (C=O) groups excluding carboxylic acids is 2. The van der Waals surface area contributed by atoms with Gasteiger partial charge in [0.05, 0.1) is 11.4 Å². The zero-order valence-corrected chi connectivity index (χ0v) is 10.8. The summed E-state index contributed by atoms with van der Waals surface area (Å²) in [6.45, 7) is -0.200. The Bertz CT molecular complexity index is 726. The number of carbonyl (C=O) groups is 2. The lowest BCUT2D eigenvalue weighted by Gasteiger charge is -2.29. The molecule has 1 aliphatic rings. The molecule has 1 N–H and O–H groups in total. The summed E-state index contributed by atoms with van der Waals surface area (Å²) in [5.74, 6) is -2.67. The van der Waals surface area contributed by atoms with Crippen LogP contribution in [0.4, 0.5) is 20.2 Å². The molecule has 21 heavy (non-hydrogen) atoms. The third-order valence-corrected chi connectivity index (χ3v) is 3.13. The van der Waals surface area contributed by atoms with Crippen molar-refractivity contribution in [2.45, 2.75) is 0 Å². The van der Waals surface area contributed by atoms with Crippen LogP contribution in [0, 0.1) is 11.6 Å². The number of para-hydroxylation sites is 2. The minimum atomic E-state index is -0.840. The van der Waals surface area contributed by atoms with E-state index in [2.05, 4.69) is 5.32 Å². The van der Waals surface area contributed by atoms with Crippen LogP contribution in [0.15, 0.2) is 42.5 Å². The van der Waals surface area contributed by atoms with Gasteiger partial charge in [-0.3, -0.25) is 14.5 Å². The molecule has 0 saturated heterocycles. The molecule has 2 aromatic rings. The lowest BCUT2D eigenvalue weighted by atomic mass is 10.1. The van der Waals surface area contributed by atoms with Crippen molar-refractivity contribution in [3.8, 4) is 0 Å². The predicted molar refractivity (Wildman–Crippen MR) is 73.1 cm³/mol. The van der Waals surface area contributed by atoms with E-state index in [-0.39, 0.29) is 18.0 Å². The number of halogens is 2. The molecule has 2 amide bonds. The van der Waals surface area contributed by atoms with Crippen molar-refractivity contribution < 1.29 is 18.4 Å². The van der Waals surface area contributed by atoms with Crippen molar-refractivity contribution in [2.24, 2.45) is 0 Å². The molecule has 3 rings (SSSR count). The van der Waals surface area contributed by atoms with Crippen LogP contribution in [0.3, 0.4) is 0 Å². The molecule has 0 atom stereocenters. The zero-order chi connectivity index (χ0) is 15.0. The molecule has 0 spiro atoms. The number of nitrogens with one attached hydrogen (secondary N) is 1. The van der Waals surface area contributed by atoms with Crippen LogP contribution >= 0.6 is 0 Å². The quantitative estimate of drug-likeness (QED) is 0.876. The topological polar surface area (TPSA) is 49.4 Å². The van der Waals surface area contributed by atoms with Crippen LogP contribution in [0.1, 0.15) is 10.4 Å². The molecule has 0 unspecified atom stereocenters. The third-order valence-electron chi connectivity index (χ3n) is 3.13. The summed E-state index contributed by atoms with van der Waals surface area (Å²) < 4.78 is 26.5. The van der Waals surface area contributed by atoms with E-state index in [0.717, 1.165) is 12.1 Å². The van der Waals surface area contributed by atoms with Crippen LogP contribution in [0.25, 0.3) is 0 Å². The molecule has 0 fully saturated rings. The van der Waals surface area contributed by atoms with Gasteiger partial charge < -0.3 is 5.32 Å². The molecule has 0 saturated carbocycles. The highest BCUT2D eigenvalue weighted by Crippen LogP contribution is 2.30. The Kier molecular flexibility index (Phi) is 3.13. The second-order valence-electron chi connectivity index (χ2n) is 4.61. The Hall–Kier alpha value is -2.76. The van der Waals surface area contributed by atoms with E-state index in [9.17, 15) is 18.4 Å². The van der Waals surface area contributed by atoms with Crippen LogP contribution in [-0.2, 0) is 4.79 Å². The minimum absolute atomic E-state index is 0.142. The maximum atomic E-state index is 13.2. The smallest absolute Gasteiger partial charge is 0.259 e. The van der Waals surface area contributed by atoms with Gasteiger partial charge in [-0.25, -0.2) is 8.78 Å². The average Bonchev–Trinajstić information content (AvgIpc) is 2.44. The molecule has 6 heteroatoms. The average molecular weight is 288 g/mol. The molecule has 4 nitrogen and oxygen atoms in total. The Labute approximate surface area is 119 Å². The summed E-state index contributed by atoms with van der Waals surface area (Å²) in [6.07, 6.45) is 0. The first kappa shape index (κ1) is 13.2. The second-order valence-corrected chi connectivity index (χ2v) is 4.61. The lowest BCUT2D eigenvalue weighted by Crippen LogP contribution is -2.42. The van der Waals surface area contributed by atoms with Crippen molar-refractivity contribution in [1.82, 2.24) is 0 Å². The predicted octanol–water partition coefficient (Wildman–Crippen LogP) is 2.56. The molecular formula is C15H10F2N2O2. The molecule has 2 aromatic carbocycles. The standard InChI is InChI=1S/C15H10F2N2O2/c16-10-5-9(6-11(17)7-10)15(21)19-8-14(20)18-12-3-1-2-4-13(12)19/h1-7H,8H2,(H,18,20). The van der Waals surface area contributed by atoms with Gasteiger partial charge in [-0.2, -0.15) is 0 Å². The molecule has 0 aliphatic carbocycles. The van der Waals surface area contributed by atoms with Crippen molar-refractivity contribution in [3.63, 3.8) is 0 Å². The zero-order valence-electron chi connectivity index (χ0n) is 10.8. The summed E-state index contributed by atoms with van der Waals surface area (Å²) in [4.78, 5) is 25.3. The first-order valence-electron chi connectivity index (χ1n) is 6.21. The lowest BCUT2D eigenvalue weighted by molar-refractivity contribution is -0.115. The van der Waals surface area contributed by atoms with Crippen LogP contribution in [0.2, 0.25) is 0 Å². The van der Waals surface area contributed by atoms with E-state index in [1.807, 2.05) is 0 Å². The number of rotatable bonds is 1. The van der Waals surface area contributed by atoms with Gasteiger partial charge in [0.15, 0.2) is 0 Å². The summed E-state index contributed by atoms with van der Waals surface area (Å²) in [5.41, 5.74) is 0.836. The fourth-order valence-corrected chi connectivity index (χ4v) is 2.25. The van der Waals surface area contributed by atoms with Gasteiger partial charge in [-0.1, -0.05) is 12.1 Å². The van der Waals surface area contributed by atoms with Gasteiger partial charge in [0.1, 0.15) is 18.2 Å². The molecular weight excluding hydrogens is 278 g/mol. The highest BCUT2D eigenvalue weighted by atomic mass is 19.1. The fourth-order valence-electron chi connectivity index (χ4n) is 2.25. The van der Waals surface area contributed by atoms with Crippen molar-refractivity contribution >= 4 is 23.2 Å². The Morgan fingerprint density at radius 1 is 1.10 bits per heavy atom. The maximum absolute atomic E-state index is 13.2. The van der Waals surface area contributed by atoms with Crippen molar-refractivity contribution in [2.75, 3.05) is 16.8 Å². The van der Waals surface area contributed by atoms with Gasteiger partial charge in [0, 0.05) is 11.6 Å². The number of anilines is 2. The largest absolute Gasteiger partial charge is 0.323 e. The number of amides is 2. The molecule has 1 aliphatic heterocycles. The van der Waals surface area contributed by atoms with Crippen LogP contribution in [-0.4, -0.2) is 18.4 Å². The van der Waals surface area contributed by atoms with Gasteiger partial charge in [-0.05, 0) is 24.3 Å². The van der Waals surface area contributed by atoms with Gasteiger partial charge in [0.25, 0.3) is 5.91 Å². The van der Waals surface area contributed by atoms with Crippen molar-refractivity contribution in [1.29, 1.82) is 0 Å². The summed E-state index contributed by atoms with van der Waals surface area (Å²) >= 11 is 0. The summed E-state index contributed by atoms with van der Waals surface area (Å²) in [7, 11) is 0. The Morgan fingerprint density at radius 3 is 2.48 bits per heavy atom. The van der Waals surface area contributed by atoms with Gasteiger partial charge >= 0.3 is 0 Å². The molecule has 1 heterocycles. The summed E-state index contributed by atoms with van der Waals surface area (Å²) in [5, 5.41) is 2.64. The van der Waals surface area contributed by atoms with E-state index in [0.29, 0.717) is 17.4 Å². The van der Waals surface area contributed by atoms with Crippen LogP contribution < -0.4 is 10.2 Å². The van der Waals surface area contributed by atoms with E-state index in [4.69, 9.17) is 0 Å². The number of hydrogen-bond donors (Lipinski definition) is 1. The summed E-state index contributed by atoms with van der Waals surface area (Å²) in [6, 6.07) is 9.31. The van der Waals surface area contributed by atoms with E-state index >= 15 is 0 Å². The van der Waals surface area contributed by atoms with Gasteiger partial charge in [0.2, 0.25) is 5.91 Å². The number of fused-ring (bicyclic) bond motifs is 1. The molecule has 0 bridgehead atoms. The first-order chi connectivity index (χ1) is 10.0. The second kappa shape index (κ2) is 4.97. The SMILES string of the molecule is O=C1CN(C(=O)c2cc(F)cc(F)c2)c2ccccc2N1. The number of hydrogen-bond acceptors (Lipinski definition) is 2. The monoisotopic (exact) mass is 288 g/mol.